The first-order valence-electron chi connectivity index (χ1n) is 3.44. The zero-order chi connectivity index (χ0) is 9.42. The van der Waals surface area contributed by atoms with Gasteiger partial charge in [0.25, 0.3) is 0 Å². The fraction of sp³-hybridized carbons (Fsp3) is 0. The van der Waals surface area contributed by atoms with Crippen molar-refractivity contribution >= 4 is 22.6 Å². The monoisotopic (exact) mass is 200 g/mol. The summed E-state index contributed by atoms with van der Waals surface area (Å²) in [5.74, 6) is -1.44. The molecule has 0 fully saturated rings. The van der Waals surface area contributed by atoms with E-state index in [2.05, 4.69) is 9.97 Å². The Bertz CT molecular complexity index is 473. The number of nitrogens with zero attached hydrogens (tertiary/aromatic N) is 2. The van der Waals surface area contributed by atoms with Crippen LogP contribution in [0.4, 0.5) is 8.78 Å². The quantitative estimate of drug-likeness (QED) is 0.653. The van der Waals surface area contributed by atoms with E-state index in [4.69, 9.17) is 11.6 Å². The van der Waals surface area contributed by atoms with Gasteiger partial charge < -0.3 is 0 Å². The van der Waals surface area contributed by atoms with Crippen LogP contribution < -0.4 is 0 Å². The number of aromatic nitrogens is 2. The van der Waals surface area contributed by atoms with E-state index in [1.807, 2.05) is 0 Å². The molecule has 0 N–H and O–H groups in total. The molecule has 2 aromatic rings. The Morgan fingerprint density at radius 1 is 1.23 bits per heavy atom. The Kier molecular flexibility index (Phi) is 1.84. The van der Waals surface area contributed by atoms with Gasteiger partial charge in [-0.05, 0) is 0 Å². The molecule has 0 aliphatic heterocycles. The van der Waals surface area contributed by atoms with Crippen molar-refractivity contribution in [1.29, 1.82) is 0 Å². The van der Waals surface area contributed by atoms with E-state index in [-0.39, 0.29) is 16.2 Å². The molecular formula is C8H3ClF2N2. The Morgan fingerprint density at radius 3 is 2.77 bits per heavy atom. The number of benzene rings is 1. The molecule has 66 valence electrons. The zero-order valence-electron chi connectivity index (χ0n) is 6.26. The molecule has 13 heavy (non-hydrogen) atoms. The maximum atomic E-state index is 13.0. The molecule has 5 heteroatoms. The molecule has 0 bridgehead atoms. The fourth-order valence-electron chi connectivity index (χ4n) is 1.02. The first kappa shape index (κ1) is 8.31. The SMILES string of the molecule is Fc1cc(F)c2nc(Cl)cnc2c1. The lowest BCUT2D eigenvalue weighted by Gasteiger charge is -1.98. The van der Waals surface area contributed by atoms with Crippen molar-refractivity contribution in [3.63, 3.8) is 0 Å². The molecule has 1 aromatic heterocycles. The molecule has 0 amide bonds. The number of hydrogen-bond donors (Lipinski definition) is 0. The summed E-state index contributed by atoms with van der Waals surface area (Å²) in [6.07, 6.45) is 1.24. The van der Waals surface area contributed by atoms with E-state index in [0.717, 1.165) is 12.1 Å². The van der Waals surface area contributed by atoms with Gasteiger partial charge in [0.1, 0.15) is 16.5 Å². The third kappa shape index (κ3) is 1.45. The highest BCUT2D eigenvalue weighted by Crippen LogP contribution is 2.17. The van der Waals surface area contributed by atoms with Crippen LogP contribution in [-0.2, 0) is 0 Å². The molecule has 0 aliphatic carbocycles. The van der Waals surface area contributed by atoms with Gasteiger partial charge in [0.2, 0.25) is 0 Å². The van der Waals surface area contributed by atoms with Crippen molar-refractivity contribution in [2.24, 2.45) is 0 Å². The second-order valence-electron chi connectivity index (χ2n) is 2.45. The Balaban J connectivity index is 2.87. The molecule has 0 atom stereocenters. The second-order valence-corrected chi connectivity index (χ2v) is 2.84. The van der Waals surface area contributed by atoms with Crippen LogP contribution in [0.2, 0.25) is 5.15 Å². The van der Waals surface area contributed by atoms with Gasteiger partial charge in [-0.15, -0.1) is 0 Å². The summed E-state index contributed by atoms with van der Waals surface area (Å²) in [4.78, 5) is 7.41. The van der Waals surface area contributed by atoms with Gasteiger partial charge in [0.05, 0.1) is 11.7 Å². The van der Waals surface area contributed by atoms with Crippen molar-refractivity contribution in [1.82, 2.24) is 9.97 Å². The smallest absolute Gasteiger partial charge is 0.154 e. The number of halogens is 3. The maximum absolute atomic E-state index is 13.0. The summed E-state index contributed by atoms with van der Waals surface area (Å²) in [5.41, 5.74) is 0.135. The van der Waals surface area contributed by atoms with E-state index < -0.39 is 11.6 Å². The normalized spacial score (nSPS) is 10.7. The van der Waals surface area contributed by atoms with Crippen LogP contribution in [0.3, 0.4) is 0 Å². The van der Waals surface area contributed by atoms with Gasteiger partial charge in [-0.1, -0.05) is 11.6 Å². The second kappa shape index (κ2) is 2.88. The average Bonchev–Trinajstić information content (AvgIpc) is 2.06. The third-order valence-electron chi connectivity index (χ3n) is 1.54. The molecule has 2 rings (SSSR count). The molecule has 0 saturated heterocycles. The van der Waals surface area contributed by atoms with Crippen molar-refractivity contribution in [3.8, 4) is 0 Å². The standard InChI is InChI=1S/C8H3ClF2N2/c9-7-3-12-6-2-4(10)1-5(11)8(6)13-7/h1-3H. The summed E-state index contributed by atoms with van der Waals surface area (Å²) in [5, 5.41) is 0.0815. The number of hydrogen-bond acceptors (Lipinski definition) is 2. The molecule has 1 heterocycles. The molecule has 0 saturated carbocycles. The van der Waals surface area contributed by atoms with Crippen LogP contribution >= 0.6 is 11.6 Å². The third-order valence-corrected chi connectivity index (χ3v) is 1.72. The highest BCUT2D eigenvalue weighted by molar-refractivity contribution is 6.29. The number of rotatable bonds is 0. The van der Waals surface area contributed by atoms with Crippen LogP contribution in [0.1, 0.15) is 0 Å². The topological polar surface area (TPSA) is 25.8 Å². The van der Waals surface area contributed by atoms with Crippen LogP contribution in [0.25, 0.3) is 11.0 Å². The van der Waals surface area contributed by atoms with Crippen LogP contribution in [0.15, 0.2) is 18.3 Å². The molecule has 0 unspecified atom stereocenters. The fourth-order valence-corrected chi connectivity index (χ4v) is 1.15. The van der Waals surface area contributed by atoms with Crippen LogP contribution in [0.5, 0.6) is 0 Å². The highest BCUT2D eigenvalue weighted by atomic mass is 35.5. The molecule has 0 aliphatic rings. The van der Waals surface area contributed by atoms with E-state index in [1.165, 1.54) is 6.20 Å². The number of fused-ring (bicyclic) bond motifs is 1. The minimum Gasteiger partial charge on any atom is -0.251 e. The zero-order valence-corrected chi connectivity index (χ0v) is 7.02. The van der Waals surface area contributed by atoms with E-state index >= 15 is 0 Å². The van der Waals surface area contributed by atoms with Gasteiger partial charge in [0, 0.05) is 12.1 Å². The van der Waals surface area contributed by atoms with Gasteiger partial charge in [-0.3, -0.25) is 4.98 Å². The van der Waals surface area contributed by atoms with E-state index in [1.54, 1.807) is 0 Å². The van der Waals surface area contributed by atoms with Crippen molar-refractivity contribution in [2.45, 2.75) is 0 Å². The van der Waals surface area contributed by atoms with Crippen LogP contribution in [-0.4, -0.2) is 9.97 Å². The van der Waals surface area contributed by atoms with Crippen molar-refractivity contribution in [2.75, 3.05) is 0 Å². The summed E-state index contributed by atoms with van der Waals surface area (Å²) in [6.45, 7) is 0. The predicted molar refractivity (Wildman–Crippen MR) is 44.5 cm³/mol. The van der Waals surface area contributed by atoms with Gasteiger partial charge >= 0.3 is 0 Å². The van der Waals surface area contributed by atoms with Crippen LogP contribution in [0, 0.1) is 11.6 Å². The Hall–Kier alpha value is -1.29. The van der Waals surface area contributed by atoms with Gasteiger partial charge in [0.15, 0.2) is 5.82 Å². The van der Waals surface area contributed by atoms with E-state index in [9.17, 15) is 8.78 Å². The summed E-state index contributed by atoms with van der Waals surface area (Å²) in [7, 11) is 0. The highest BCUT2D eigenvalue weighted by Gasteiger charge is 2.06. The molecule has 0 radical (unpaired) electrons. The summed E-state index contributed by atoms with van der Waals surface area (Å²) >= 11 is 5.50. The van der Waals surface area contributed by atoms with Crippen molar-refractivity contribution < 1.29 is 8.78 Å². The average molecular weight is 201 g/mol. The Morgan fingerprint density at radius 2 is 2.00 bits per heavy atom. The summed E-state index contributed by atoms with van der Waals surface area (Å²) < 4.78 is 25.7. The molecular weight excluding hydrogens is 198 g/mol. The molecule has 1 aromatic carbocycles. The summed E-state index contributed by atoms with van der Waals surface area (Å²) in [6, 6.07) is 1.84. The van der Waals surface area contributed by atoms with Gasteiger partial charge in [-0.2, -0.15) is 0 Å². The lowest BCUT2D eigenvalue weighted by atomic mass is 10.3. The van der Waals surface area contributed by atoms with Crippen molar-refractivity contribution in [3.05, 3.63) is 35.1 Å². The maximum Gasteiger partial charge on any atom is 0.154 e. The lowest BCUT2D eigenvalue weighted by Crippen LogP contribution is -1.89. The van der Waals surface area contributed by atoms with E-state index in [0.29, 0.717) is 0 Å². The molecule has 0 spiro atoms. The Labute approximate surface area is 77.2 Å². The first-order valence-corrected chi connectivity index (χ1v) is 3.82. The molecule has 2 nitrogen and oxygen atoms in total. The largest absolute Gasteiger partial charge is 0.251 e. The van der Waals surface area contributed by atoms with Gasteiger partial charge in [-0.25, -0.2) is 13.8 Å². The minimum absolute atomic E-state index is 0.0195. The predicted octanol–water partition coefficient (Wildman–Crippen LogP) is 2.56. The first-order chi connectivity index (χ1) is 6.16. The lowest BCUT2D eigenvalue weighted by molar-refractivity contribution is 0.590. The minimum atomic E-state index is -0.759.